The monoisotopic (exact) mass is 541 g/mol. The van der Waals surface area contributed by atoms with Crippen LogP contribution in [0.25, 0.3) is 0 Å². The van der Waals surface area contributed by atoms with Gasteiger partial charge in [0.25, 0.3) is 0 Å². The lowest BCUT2D eigenvalue weighted by Crippen LogP contribution is -2.39. The molecule has 0 spiro atoms. The number of guanidine groups is 1. The summed E-state index contributed by atoms with van der Waals surface area (Å²) in [6.45, 7) is 6.09. The van der Waals surface area contributed by atoms with E-state index in [1.165, 1.54) is 4.88 Å². The fourth-order valence-electron chi connectivity index (χ4n) is 3.34. The van der Waals surface area contributed by atoms with Gasteiger partial charge >= 0.3 is 6.03 Å². The summed E-state index contributed by atoms with van der Waals surface area (Å²) < 4.78 is 0. The topological polar surface area (TPSA) is 60.0 Å². The third kappa shape index (κ3) is 7.46. The summed E-state index contributed by atoms with van der Waals surface area (Å²) in [5, 5.41) is 8.49. The van der Waals surface area contributed by atoms with Gasteiger partial charge in [0.05, 0.1) is 6.54 Å². The Hall–Kier alpha value is -1.81. The van der Waals surface area contributed by atoms with Crippen molar-refractivity contribution in [1.29, 1.82) is 0 Å². The fraction of sp³-hybridized carbons (Fsp3) is 0.455. The van der Waals surface area contributed by atoms with Crippen molar-refractivity contribution in [3.8, 4) is 0 Å². The Morgan fingerprint density at radius 3 is 2.73 bits per heavy atom. The number of halogens is 1. The number of carbonyl (C=O) groups excluding carboxylic acids is 1. The first-order valence-corrected chi connectivity index (χ1v) is 11.2. The maximum absolute atomic E-state index is 12.3. The summed E-state index contributed by atoms with van der Waals surface area (Å²) in [5.41, 5.74) is 1.90. The first kappa shape index (κ1) is 24.5. The van der Waals surface area contributed by atoms with Crippen molar-refractivity contribution in [3.05, 3.63) is 52.2 Å². The van der Waals surface area contributed by atoms with Crippen LogP contribution in [-0.2, 0) is 13.0 Å². The highest BCUT2D eigenvalue weighted by molar-refractivity contribution is 14.0. The van der Waals surface area contributed by atoms with E-state index in [9.17, 15) is 4.79 Å². The smallest absolute Gasteiger partial charge is 0.321 e. The van der Waals surface area contributed by atoms with Crippen LogP contribution >= 0.6 is 35.3 Å². The Bertz CT molecular complexity index is 806. The number of hydrogen-bond acceptors (Lipinski definition) is 3. The van der Waals surface area contributed by atoms with Crippen LogP contribution in [-0.4, -0.2) is 55.0 Å². The molecule has 2 heterocycles. The van der Waals surface area contributed by atoms with Crippen LogP contribution < -0.4 is 10.6 Å². The predicted molar refractivity (Wildman–Crippen MR) is 137 cm³/mol. The molecule has 164 valence electrons. The molecule has 1 fully saturated rings. The van der Waals surface area contributed by atoms with E-state index in [-0.39, 0.29) is 30.0 Å². The predicted octanol–water partition coefficient (Wildman–Crippen LogP) is 4.63. The van der Waals surface area contributed by atoms with Gasteiger partial charge in [0.15, 0.2) is 5.96 Å². The molecule has 0 atom stereocenters. The SMILES string of the molecule is CCNC(=NCc1cccc(NC(=O)N2CCCC2)c1)N(C)CCc1cccs1.I. The van der Waals surface area contributed by atoms with E-state index in [0.29, 0.717) is 6.54 Å². The van der Waals surface area contributed by atoms with Gasteiger partial charge in [0.2, 0.25) is 0 Å². The second-order valence-electron chi connectivity index (χ2n) is 7.25. The molecular weight excluding hydrogens is 509 g/mol. The number of benzene rings is 1. The van der Waals surface area contributed by atoms with Crippen molar-refractivity contribution in [2.75, 3.05) is 38.5 Å². The number of aliphatic imine (C=N–C) groups is 1. The molecule has 1 aromatic heterocycles. The number of nitrogens with zero attached hydrogens (tertiary/aromatic N) is 3. The van der Waals surface area contributed by atoms with Crippen molar-refractivity contribution in [3.63, 3.8) is 0 Å². The van der Waals surface area contributed by atoms with E-state index in [0.717, 1.165) is 62.7 Å². The molecule has 0 bridgehead atoms. The summed E-state index contributed by atoms with van der Waals surface area (Å²) in [4.78, 5) is 22.5. The molecule has 1 aliphatic heterocycles. The van der Waals surface area contributed by atoms with Gasteiger partial charge in [-0.2, -0.15) is 0 Å². The molecule has 0 saturated carbocycles. The molecule has 1 aromatic carbocycles. The highest BCUT2D eigenvalue weighted by Gasteiger charge is 2.17. The van der Waals surface area contributed by atoms with Crippen molar-refractivity contribution >= 4 is 53.0 Å². The van der Waals surface area contributed by atoms with E-state index in [1.807, 2.05) is 29.2 Å². The maximum atomic E-state index is 12.3. The molecule has 6 nitrogen and oxygen atoms in total. The van der Waals surface area contributed by atoms with Crippen LogP contribution in [0.2, 0.25) is 0 Å². The largest absolute Gasteiger partial charge is 0.357 e. The number of amides is 2. The molecule has 30 heavy (non-hydrogen) atoms. The van der Waals surface area contributed by atoms with Crippen LogP contribution in [0.5, 0.6) is 0 Å². The first-order valence-electron chi connectivity index (χ1n) is 10.3. The highest BCUT2D eigenvalue weighted by atomic mass is 127. The van der Waals surface area contributed by atoms with Crippen molar-refractivity contribution in [2.45, 2.75) is 32.7 Å². The number of nitrogens with one attached hydrogen (secondary N) is 2. The number of anilines is 1. The van der Waals surface area contributed by atoms with Gasteiger partial charge in [-0.1, -0.05) is 18.2 Å². The zero-order chi connectivity index (χ0) is 20.5. The van der Waals surface area contributed by atoms with Gasteiger partial charge in [-0.15, -0.1) is 35.3 Å². The quantitative estimate of drug-likeness (QED) is 0.305. The fourth-order valence-corrected chi connectivity index (χ4v) is 4.04. The minimum Gasteiger partial charge on any atom is -0.357 e. The van der Waals surface area contributed by atoms with Crippen molar-refractivity contribution in [1.82, 2.24) is 15.1 Å². The summed E-state index contributed by atoms with van der Waals surface area (Å²) in [6, 6.07) is 12.2. The molecule has 0 unspecified atom stereocenters. The lowest BCUT2D eigenvalue weighted by atomic mass is 10.2. The van der Waals surface area contributed by atoms with E-state index >= 15 is 0 Å². The average Bonchev–Trinajstić information content (AvgIpc) is 3.44. The van der Waals surface area contributed by atoms with Gasteiger partial charge in [-0.3, -0.25) is 0 Å². The Morgan fingerprint density at radius 2 is 2.03 bits per heavy atom. The van der Waals surface area contributed by atoms with Crippen LogP contribution in [0.1, 0.15) is 30.2 Å². The third-order valence-electron chi connectivity index (χ3n) is 4.95. The first-order chi connectivity index (χ1) is 14.2. The highest BCUT2D eigenvalue weighted by Crippen LogP contribution is 2.15. The summed E-state index contributed by atoms with van der Waals surface area (Å²) in [7, 11) is 2.07. The number of rotatable bonds is 7. The zero-order valence-electron chi connectivity index (χ0n) is 17.8. The van der Waals surface area contributed by atoms with Crippen LogP contribution in [0.3, 0.4) is 0 Å². The number of likely N-dealkylation sites (tertiary alicyclic amines) is 1. The number of urea groups is 1. The lowest BCUT2D eigenvalue weighted by molar-refractivity contribution is 0.222. The number of likely N-dealkylation sites (N-methyl/N-ethyl adjacent to an activating group) is 1. The van der Waals surface area contributed by atoms with Gasteiger partial charge in [-0.25, -0.2) is 9.79 Å². The molecule has 0 radical (unpaired) electrons. The molecule has 1 saturated heterocycles. The summed E-state index contributed by atoms with van der Waals surface area (Å²) in [6.07, 6.45) is 3.20. The van der Waals surface area contributed by atoms with Gasteiger partial charge in [-0.05, 0) is 55.3 Å². The maximum Gasteiger partial charge on any atom is 0.321 e. The third-order valence-corrected chi connectivity index (χ3v) is 5.89. The lowest BCUT2D eigenvalue weighted by Gasteiger charge is -2.22. The van der Waals surface area contributed by atoms with E-state index in [2.05, 4.69) is 47.0 Å². The molecular formula is C22H32IN5OS. The van der Waals surface area contributed by atoms with E-state index < -0.39 is 0 Å². The van der Waals surface area contributed by atoms with Gasteiger partial charge < -0.3 is 20.4 Å². The van der Waals surface area contributed by atoms with Gasteiger partial charge in [0.1, 0.15) is 0 Å². The molecule has 2 aromatic rings. The van der Waals surface area contributed by atoms with E-state index in [4.69, 9.17) is 4.99 Å². The van der Waals surface area contributed by atoms with Crippen LogP contribution in [0.4, 0.5) is 10.5 Å². The Kier molecular flexibility index (Phi) is 10.4. The number of hydrogen-bond donors (Lipinski definition) is 2. The summed E-state index contributed by atoms with van der Waals surface area (Å²) >= 11 is 1.79. The minimum atomic E-state index is -0.00944. The molecule has 1 aliphatic rings. The normalized spacial score (nSPS) is 13.7. The Morgan fingerprint density at radius 1 is 1.23 bits per heavy atom. The molecule has 2 amide bonds. The average molecular weight is 542 g/mol. The summed E-state index contributed by atoms with van der Waals surface area (Å²) in [5.74, 6) is 0.899. The van der Waals surface area contributed by atoms with Crippen LogP contribution in [0, 0.1) is 0 Å². The number of carbonyl (C=O) groups is 1. The standard InChI is InChI=1S/C22H31N5OS.HI/c1-3-23-21(26(2)14-11-20-10-7-15-29-20)24-17-18-8-6-9-19(16-18)25-22(28)27-12-4-5-13-27;/h6-10,15-16H,3-5,11-14,17H2,1-2H3,(H,23,24)(H,25,28);1H. The minimum absolute atomic E-state index is 0. The molecule has 2 N–H and O–H groups in total. The second-order valence-corrected chi connectivity index (χ2v) is 8.28. The molecule has 3 rings (SSSR count). The molecule has 0 aliphatic carbocycles. The molecule has 8 heteroatoms. The van der Waals surface area contributed by atoms with Crippen LogP contribution in [0.15, 0.2) is 46.8 Å². The van der Waals surface area contributed by atoms with E-state index in [1.54, 1.807) is 11.3 Å². The second kappa shape index (κ2) is 12.8. The number of thiophene rings is 1. The van der Waals surface area contributed by atoms with Crippen molar-refractivity contribution in [2.24, 2.45) is 4.99 Å². The Labute approximate surface area is 200 Å². The van der Waals surface area contributed by atoms with Gasteiger partial charge in [0, 0.05) is 43.8 Å². The Balaban J connectivity index is 0.00000320. The van der Waals surface area contributed by atoms with Crippen molar-refractivity contribution < 1.29 is 4.79 Å². The zero-order valence-corrected chi connectivity index (χ0v) is 20.9.